The predicted molar refractivity (Wildman–Crippen MR) is 95.5 cm³/mol. The number of rotatable bonds is 5. The predicted octanol–water partition coefficient (Wildman–Crippen LogP) is 3.17. The first-order valence-electron chi connectivity index (χ1n) is 7.50. The van der Waals surface area contributed by atoms with Gasteiger partial charge in [-0.1, -0.05) is 18.2 Å². The number of anilines is 1. The second-order valence-corrected chi connectivity index (χ2v) is 5.98. The van der Waals surface area contributed by atoms with Crippen LogP contribution in [0.3, 0.4) is 0 Å². The first-order chi connectivity index (χ1) is 12.2. The van der Waals surface area contributed by atoms with Crippen LogP contribution in [0, 0.1) is 0 Å². The summed E-state index contributed by atoms with van der Waals surface area (Å²) in [5, 5.41) is 5.32. The maximum absolute atomic E-state index is 12.3. The van der Waals surface area contributed by atoms with Gasteiger partial charge in [-0.3, -0.25) is 9.78 Å². The van der Waals surface area contributed by atoms with E-state index in [-0.39, 0.29) is 12.3 Å². The first kappa shape index (κ1) is 16.8. The van der Waals surface area contributed by atoms with E-state index >= 15 is 0 Å². The van der Waals surface area contributed by atoms with Crippen molar-refractivity contribution in [1.29, 1.82) is 0 Å². The summed E-state index contributed by atoms with van der Waals surface area (Å²) < 4.78 is 4.72. The molecule has 0 aliphatic heterocycles. The van der Waals surface area contributed by atoms with Crippen molar-refractivity contribution in [2.24, 2.45) is 0 Å². The smallest absolute Gasteiger partial charge is 0.339 e. The maximum Gasteiger partial charge on any atom is 0.339 e. The summed E-state index contributed by atoms with van der Waals surface area (Å²) in [6.45, 7) is 0. The summed E-state index contributed by atoms with van der Waals surface area (Å²) in [7, 11) is 1.30. The van der Waals surface area contributed by atoms with Crippen LogP contribution in [0.5, 0.6) is 0 Å². The van der Waals surface area contributed by atoms with E-state index in [9.17, 15) is 9.59 Å². The average molecular weight is 353 g/mol. The molecule has 0 radical (unpaired) electrons. The quantitative estimate of drug-likeness (QED) is 0.713. The number of aromatic nitrogens is 2. The molecule has 0 saturated carbocycles. The highest BCUT2D eigenvalue weighted by Crippen LogP contribution is 2.22. The van der Waals surface area contributed by atoms with Gasteiger partial charge in [0.1, 0.15) is 5.01 Å². The summed E-state index contributed by atoms with van der Waals surface area (Å²) in [5.41, 5.74) is 2.15. The highest BCUT2D eigenvalue weighted by atomic mass is 32.1. The molecule has 0 aliphatic rings. The summed E-state index contributed by atoms with van der Waals surface area (Å²) in [5.74, 6) is -0.753. The molecule has 0 saturated heterocycles. The second-order valence-electron chi connectivity index (χ2n) is 5.12. The number of hydrogen-bond donors (Lipinski definition) is 1. The van der Waals surface area contributed by atoms with E-state index in [4.69, 9.17) is 4.74 Å². The van der Waals surface area contributed by atoms with Crippen molar-refractivity contribution >= 4 is 28.9 Å². The van der Waals surface area contributed by atoms with E-state index in [1.165, 1.54) is 18.4 Å². The van der Waals surface area contributed by atoms with Crippen LogP contribution in [0.25, 0.3) is 10.7 Å². The van der Waals surface area contributed by atoms with E-state index in [2.05, 4.69) is 15.3 Å². The Hall–Kier alpha value is -3.06. The molecule has 3 rings (SSSR count). The molecule has 0 unspecified atom stereocenters. The zero-order chi connectivity index (χ0) is 17.6. The second kappa shape index (κ2) is 7.67. The highest BCUT2D eigenvalue weighted by Gasteiger charge is 2.14. The zero-order valence-electron chi connectivity index (χ0n) is 13.4. The van der Waals surface area contributed by atoms with Crippen LogP contribution in [0.1, 0.15) is 16.1 Å². The van der Waals surface area contributed by atoms with Crippen molar-refractivity contribution in [3.63, 3.8) is 0 Å². The number of thiazole rings is 1. The third-order valence-electron chi connectivity index (χ3n) is 3.38. The van der Waals surface area contributed by atoms with Crippen molar-refractivity contribution in [2.75, 3.05) is 12.4 Å². The van der Waals surface area contributed by atoms with Gasteiger partial charge in [0.05, 0.1) is 36.2 Å². The molecule has 1 aromatic carbocycles. The molecule has 0 fully saturated rings. The van der Waals surface area contributed by atoms with E-state index < -0.39 is 5.97 Å². The Morgan fingerprint density at radius 1 is 1.16 bits per heavy atom. The highest BCUT2D eigenvalue weighted by molar-refractivity contribution is 7.13. The van der Waals surface area contributed by atoms with Gasteiger partial charge in [-0.2, -0.15) is 0 Å². The van der Waals surface area contributed by atoms with E-state index in [0.717, 1.165) is 10.7 Å². The Morgan fingerprint density at radius 3 is 2.72 bits per heavy atom. The summed E-state index contributed by atoms with van der Waals surface area (Å²) in [6.07, 6.45) is 1.81. The molecule has 126 valence electrons. The fourth-order valence-electron chi connectivity index (χ4n) is 2.23. The summed E-state index contributed by atoms with van der Waals surface area (Å²) >= 11 is 1.43. The fourth-order valence-corrected chi connectivity index (χ4v) is 3.03. The van der Waals surface area contributed by atoms with Gasteiger partial charge in [-0.05, 0) is 24.3 Å². The van der Waals surface area contributed by atoms with Crippen molar-refractivity contribution in [3.05, 3.63) is 65.3 Å². The molecular formula is C18H15N3O3S. The number of carbonyl (C=O) groups excluding carboxylic acids is 2. The number of para-hydroxylation sites is 1. The van der Waals surface area contributed by atoms with Crippen LogP contribution in [-0.2, 0) is 16.0 Å². The van der Waals surface area contributed by atoms with Crippen LogP contribution in [0.2, 0.25) is 0 Å². The van der Waals surface area contributed by atoms with Gasteiger partial charge in [-0.15, -0.1) is 11.3 Å². The molecule has 3 aromatic rings. The van der Waals surface area contributed by atoms with Crippen LogP contribution >= 0.6 is 11.3 Å². The lowest BCUT2D eigenvalue weighted by atomic mass is 10.1. The van der Waals surface area contributed by atoms with Gasteiger partial charge < -0.3 is 10.1 Å². The number of amides is 1. The minimum absolute atomic E-state index is 0.110. The van der Waals surface area contributed by atoms with Gasteiger partial charge >= 0.3 is 5.97 Å². The standard InChI is InChI=1S/C18H15N3O3S/c1-24-18(23)13-6-2-3-7-14(13)21-16(22)10-12-11-25-17(20-12)15-8-4-5-9-19-15/h2-9,11H,10H2,1H3,(H,21,22). The van der Waals surface area contributed by atoms with Gasteiger partial charge in [0.25, 0.3) is 0 Å². The van der Waals surface area contributed by atoms with Crippen molar-refractivity contribution in [3.8, 4) is 10.7 Å². The lowest BCUT2D eigenvalue weighted by Gasteiger charge is -2.08. The lowest BCUT2D eigenvalue weighted by Crippen LogP contribution is -2.17. The Balaban J connectivity index is 1.70. The van der Waals surface area contributed by atoms with Crippen molar-refractivity contribution in [1.82, 2.24) is 9.97 Å². The lowest BCUT2D eigenvalue weighted by molar-refractivity contribution is -0.115. The largest absolute Gasteiger partial charge is 0.465 e. The number of methoxy groups -OCH3 is 1. The van der Waals surface area contributed by atoms with Gasteiger partial charge in [0.2, 0.25) is 5.91 Å². The monoisotopic (exact) mass is 353 g/mol. The van der Waals surface area contributed by atoms with E-state index in [0.29, 0.717) is 16.9 Å². The van der Waals surface area contributed by atoms with E-state index in [1.54, 1.807) is 30.5 Å². The molecule has 2 aromatic heterocycles. The zero-order valence-corrected chi connectivity index (χ0v) is 14.2. The van der Waals surface area contributed by atoms with Gasteiger partial charge in [0.15, 0.2) is 0 Å². The normalized spacial score (nSPS) is 10.3. The van der Waals surface area contributed by atoms with Crippen LogP contribution < -0.4 is 5.32 Å². The molecule has 2 heterocycles. The van der Waals surface area contributed by atoms with Crippen molar-refractivity contribution < 1.29 is 14.3 Å². The van der Waals surface area contributed by atoms with Crippen molar-refractivity contribution in [2.45, 2.75) is 6.42 Å². The molecule has 6 nitrogen and oxygen atoms in total. The molecule has 1 N–H and O–H groups in total. The van der Waals surface area contributed by atoms with Crippen LogP contribution in [0.4, 0.5) is 5.69 Å². The minimum Gasteiger partial charge on any atom is -0.465 e. The molecule has 0 atom stereocenters. The number of esters is 1. The third kappa shape index (κ3) is 4.07. The Kier molecular flexibility index (Phi) is 5.15. The molecular weight excluding hydrogens is 338 g/mol. The number of nitrogens with one attached hydrogen (secondary N) is 1. The van der Waals surface area contributed by atoms with Gasteiger partial charge in [0, 0.05) is 11.6 Å². The molecule has 0 bridgehead atoms. The Labute approximate surface area is 148 Å². The molecule has 25 heavy (non-hydrogen) atoms. The summed E-state index contributed by atoms with van der Waals surface area (Å²) in [6, 6.07) is 12.3. The molecule has 0 spiro atoms. The van der Waals surface area contributed by atoms with E-state index in [1.807, 2.05) is 23.6 Å². The number of ether oxygens (including phenoxy) is 1. The maximum atomic E-state index is 12.3. The SMILES string of the molecule is COC(=O)c1ccccc1NC(=O)Cc1csc(-c2ccccn2)n1. The van der Waals surface area contributed by atoms with Crippen LogP contribution in [-0.4, -0.2) is 29.0 Å². The number of carbonyl (C=O) groups is 2. The molecule has 0 aliphatic carbocycles. The average Bonchev–Trinajstić information content (AvgIpc) is 3.10. The number of hydrogen-bond acceptors (Lipinski definition) is 6. The minimum atomic E-state index is -0.498. The number of nitrogens with zero attached hydrogens (tertiary/aromatic N) is 2. The summed E-state index contributed by atoms with van der Waals surface area (Å²) in [4.78, 5) is 32.7. The molecule has 7 heteroatoms. The van der Waals surface area contributed by atoms with Gasteiger partial charge in [-0.25, -0.2) is 9.78 Å². The molecule has 1 amide bonds. The number of benzene rings is 1. The number of pyridine rings is 1. The topological polar surface area (TPSA) is 81.2 Å². The first-order valence-corrected chi connectivity index (χ1v) is 8.38. The third-order valence-corrected chi connectivity index (χ3v) is 4.30. The Bertz CT molecular complexity index is 893. The fraction of sp³-hybridized carbons (Fsp3) is 0.111. The Morgan fingerprint density at radius 2 is 1.96 bits per heavy atom. The van der Waals surface area contributed by atoms with Crippen LogP contribution in [0.15, 0.2) is 54.0 Å².